The number of nitrogens with one attached hydrogen (secondary N) is 1. The molecule has 1 heteroatoms. The Kier molecular flexibility index (Phi) is 3.37. The lowest BCUT2D eigenvalue weighted by Gasteiger charge is -2.19. The number of hydrogen-bond acceptors (Lipinski definition) is 1. The predicted molar refractivity (Wildman–Crippen MR) is 51.4 cm³/mol. The van der Waals surface area contributed by atoms with Gasteiger partial charge in [0.1, 0.15) is 0 Å². The maximum Gasteiger partial charge on any atom is 0.00751 e. The molecule has 0 aromatic carbocycles. The summed E-state index contributed by atoms with van der Waals surface area (Å²) in [6.45, 7) is 12.5. The minimum Gasteiger partial charge on any atom is -0.392 e. The summed E-state index contributed by atoms with van der Waals surface area (Å²) >= 11 is 0. The van der Waals surface area contributed by atoms with Crippen molar-refractivity contribution in [1.82, 2.24) is 5.32 Å². The van der Waals surface area contributed by atoms with E-state index in [1.54, 1.807) is 0 Å². The first kappa shape index (κ1) is 10.3. The molecule has 0 fully saturated rings. The van der Waals surface area contributed by atoms with Crippen molar-refractivity contribution in [2.45, 2.75) is 27.7 Å². The number of rotatable bonds is 2. The van der Waals surface area contributed by atoms with Crippen molar-refractivity contribution in [3.05, 3.63) is 23.9 Å². The Morgan fingerprint density at radius 1 is 1.36 bits per heavy atom. The zero-order valence-corrected chi connectivity index (χ0v) is 8.28. The molecule has 0 aromatic heterocycles. The third kappa shape index (κ3) is 3.87. The molecular weight excluding hydrogens is 134 g/mol. The summed E-state index contributed by atoms with van der Waals surface area (Å²) in [6.07, 6.45) is 2.08. The molecule has 0 rings (SSSR count). The minimum atomic E-state index is 0.179. The van der Waals surface area contributed by atoms with Crippen molar-refractivity contribution in [3.63, 3.8) is 0 Å². The first-order valence-electron chi connectivity index (χ1n) is 3.93. The predicted octanol–water partition coefficient (Wildman–Crippen LogP) is 2.71. The first-order valence-corrected chi connectivity index (χ1v) is 3.93. The molecule has 11 heavy (non-hydrogen) atoms. The van der Waals surface area contributed by atoms with Gasteiger partial charge in [0.15, 0.2) is 0 Å². The molecule has 0 spiro atoms. The molecule has 0 aliphatic heterocycles. The Hall–Kier alpha value is -0.720. The van der Waals surface area contributed by atoms with E-state index < -0.39 is 0 Å². The molecule has 0 aliphatic carbocycles. The van der Waals surface area contributed by atoms with Gasteiger partial charge in [0.25, 0.3) is 0 Å². The van der Waals surface area contributed by atoms with E-state index in [-0.39, 0.29) is 5.41 Å². The molecule has 64 valence electrons. The highest BCUT2D eigenvalue weighted by molar-refractivity contribution is 5.23. The van der Waals surface area contributed by atoms with Gasteiger partial charge in [-0.2, -0.15) is 0 Å². The molecule has 0 unspecified atom stereocenters. The minimum absolute atomic E-state index is 0.179. The lowest BCUT2D eigenvalue weighted by Crippen LogP contribution is -2.09. The van der Waals surface area contributed by atoms with Gasteiger partial charge in [-0.1, -0.05) is 27.4 Å². The second-order valence-corrected chi connectivity index (χ2v) is 3.85. The average molecular weight is 153 g/mol. The number of hydrogen-bond donors (Lipinski definition) is 1. The molecule has 0 atom stereocenters. The molecule has 0 aliphatic rings. The summed E-state index contributed by atoms with van der Waals surface area (Å²) < 4.78 is 0. The molecule has 0 radical (unpaired) electrons. The van der Waals surface area contributed by atoms with Gasteiger partial charge in [0.2, 0.25) is 0 Å². The largest absolute Gasteiger partial charge is 0.392 e. The Labute approximate surface area is 70.2 Å². The Morgan fingerprint density at radius 3 is 2.09 bits per heavy atom. The maximum absolute atomic E-state index is 4.00. The van der Waals surface area contributed by atoms with E-state index in [1.807, 2.05) is 14.0 Å². The van der Waals surface area contributed by atoms with Crippen molar-refractivity contribution in [1.29, 1.82) is 0 Å². The van der Waals surface area contributed by atoms with Crippen LogP contribution in [0.5, 0.6) is 0 Å². The summed E-state index contributed by atoms with van der Waals surface area (Å²) in [6, 6.07) is 0. The van der Waals surface area contributed by atoms with E-state index >= 15 is 0 Å². The van der Waals surface area contributed by atoms with Crippen LogP contribution in [0.1, 0.15) is 27.7 Å². The van der Waals surface area contributed by atoms with Crippen LogP contribution in [0.25, 0.3) is 0 Å². The van der Waals surface area contributed by atoms with Gasteiger partial charge >= 0.3 is 0 Å². The standard InChI is InChI=1S/C10H19N/c1-8(10(3,4)5)7-9(2)11-6/h7,11H,1H2,2-6H3/b9-7-. The first-order chi connectivity index (χ1) is 4.88. The second-order valence-electron chi connectivity index (χ2n) is 3.85. The van der Waals surface area contributed by atoms with Gasteiger partial charge in [-0.3, -0.25) is 0 Å². The van der Waals surface area contributed by atoms with E-state index in [4.69, 9.17) is 0 Å². The molecule has 1 nitrogen and oxygen atoms in total. The van der Waals surface area contributed by atoms with Gasteiger partial charge in [0.05, 0.1) is 0 Å². The fourth-order valence-corrected chi connectivity index (χ4v) is 0.550. The molecule has 0 amide bonds. The third-order valence-electron chi connectivity index (χ3n) is 1.75. The molecular formula is C10H19N. The van der Waals surface area contributed by atoms with E-state index in [0.717, 1.165) is 11.3 Å². The van der Waals surface area contributed by atoms with Crippen molar-refractivity contribution < 1.29 is 0 Å². The highest BCUT2D eigenvalue weighted by atomic mass is 14.8. The van der Waals surface area contributed by atoms with Crippen LogP contribution >= 0.6 is 0 Å². The van der Waals surface area contributed by atoms with Gasteiger partial charge in [-0.15, -0.1) is 0 Å². The van der Waals surface area contributed by atoms with E-state index in [9.17, 15) is 0 Å². The van der Waals surface area contributed by atoms with Crippen LogP contribution in [-0.4, -0.2) is 7.05 Å². The van der Waals surface area contributed by atoms with Crippen molar-refractivity contribution in [2.75, 3.05) is 7.05 Å². The van der Waals surface area contributed by atoms with Crippen molar-refractivity contribution >= 4 is 0 Å². The van der Waals surface area contributed by atoms with Crippen molar-refractivity contribution in [2.24, 2.45) is 5.41 Å². The van der Waals surface area contributed by atoms with Crippen LogP contribution in [0.4, 0.5) is 0 Å². The van der Waals surface area contributed by atoms with Gasteiger partial charge < -0.3 is 5.32 Å². The Balaban J connectivity index is 4.30. The molecule has 0 saturated heterocycles. The number of allylic oxidation sites excluding steroid dienone is 3. The lowest BCUT2D eigenvalue weighted by atomic mass is 9.87. The van der Waals surface area contributed by atoms with Crippen LogP contribution in [0.2, 0.25) is 0 Å². The zero-order valence-electron chi connectivity index (χ0n) is 8.28. The van der Waals surface area contributed by atoms with Crippen LogP contribution in [0.3, 0.4) is 0 Å². The Bertz CT molecular complexity index is 170. The highest BCUT2D eigenvalue weighted by Gasteiger charge is 2.12. The average Bonchev–Trinajstić information content (AvgIpc) is 1.85. The van der Waals surface area contributed by atoms with Crippen LogP contribution in [0, 0.1) is 5.41 Å². The monoisotopic (exact) mass is 153 g/mol. The zero-order chi connectivity index (χ0) is 9.07. The van der Waals surface area contributed by atoms with Crippen LogP contribution < -0.4 is 5.32 Å². The summed E-state index contributed by atoms with van der Waals surface area (Å²) in [5, 5.41) is 3.07. The molecule has 0 heterocycles. The fraction of sp³-hybridized carbons (Fsp3) is 0.600. The van der Waals surface area contributed by atoms with Gasteiger partial charge in [-0.05, 0) is 24.0 Å². The van der Waals surface area contributed by atoms with Gasteiger partial charge in [0, 0.05) is 12.7 Å². The molecule has 0 bridgehead atoms. The molecule has 0 saturated carbocycles. The lowest BCUT2D eigenvalue weighted by molar-refractivity contribution is 0.518. The summed E-state index contributed by atoms with van der Waals surface area (Å²) in [5.74, 6) is 0. The summed E-state index contributed by atoms with van der Waals surface area (Å²) in [5.41, 5.74) is 2.49. The maximum atomic E-state index is 4.00. The van der Waals surface area contributed by atoms with E-state index in [1.165, 1.54) is 0 Å². The van der Waals surface area contributed by atoms with Gasteiger partial charge in [-0.25, -0.2) is 0 Å². The fourth-order valence-electron chi connectivity index (χ4n) is 0.550. The van der Waals surface area contributed by atoms with E-state index in [2.05, 4.69) is 38.7 Å². The topological polar surface area (TPSA) is 12.0 Å². The molecule has 0 aromatic rings. The second kappa shape index (κ2) is 3.61. The smallest absolute Gasteiger partial charge is 0.00751 e. The third-order valence-corrected chi connectivity index (χ3v) is 1.75. The molecule has 1 N–H and O–H groups in total. The summed E-state index contributed by atoms with van der Waals surface area (Å²) in [7, 11) is 1.92. The van der Waals surface area contributed by atoms with Crippen molar-refractivity contribution in [3.8, 4) is 0 Å². The van der Waals surface area contributed by atoms with E-state index in [0.29, 0.717) is 0 Å². The van der Waals surface area contributed by atoms with Crippen LogP contribution in [-0.2, 0) is 0 Å². The normalized spacial score (nSPS) is 13.0. The summed E-state index contributed by atoms with van der Waals surface area (Å²) in [4.78, 5) is 0. The highest BCUT2D eigenvalue weighted by Crippen LogP contribution is 2.24. The quantitative estimate of drug-likeness (QED) is 0.601. The Morgan fingerprint density at radius 2 is 1.82 bits per heavy atom. The SMILES string of the molecule is C=C(/C=C(/C)NC)C(C)(C)C. The van der Waals surface area contributed by atoms with Crippen LogP contribution in [0.15, 0.2) is 23.9 Å².